The van der Waals surface area contributed by atoms with Crippen molar-refractivity contribution in [1.82, 2.24) is 9.88 Å². The second kappa shape index (κ2) is 8.55. The summed E-state index contributed by atoms with van der Waals surface area (Å²) in [6.07, 6.45) is 1.66. The molecule has 0 aliphatic carbocycles. The van der Waals surface area contributed by atoms with Gasteiger partial charge in [0.25, 0.3) is 5.69 Å². The van der Waals surface area contributed by atoms with Crippen molar-refractivity contribution >= 4 is 22.3 Å². The molecule has 1 aliphatic heterocycles. The van der Waals surface area contributed by atoms with E-state index in [0.717, 1.165) is 32.0 Å². The first-order valence-electron chi connectivity index (χ1n) is 9.78. The molecule has 1 unspecified atom stereocenters. The van der Waals surface area contributed by atoms with Gasteiger partial charge in [0.1, 0.15) is 5.52 Å². The summed E-state index contributed by atoms with van der Waals surface area (Å²) in [5.74, 6) is 0. The molecule has 0 amide bonds. The molecule has 1 saturated heterocycles. The molecule has 1 fully saturated rings. The number of morpholine rings is 1. The van der Waals surface area contributed by atoms with Crippen LogP contribution in [0.4, 0.5) is 11.4 Å². The fourth-order valence-corrected chi connectivity index (χ4v) is 3.89. The van der Waals surface area contributed by atoms with Gasteiger partial charge >= 0.3 is 0 Å². The lowest BCUT2D eigenvalue weighted by molar-refractivity contribution is -0.383. The lowest BCUT2D eigenvalue weighted by Crippen LogP contribution is -2.41. The number of hydrogen-bond acceptors (Lipinski definition) is 6. The van der Waals surface area contributed by atoms with Crippen LogP contribution in [0, 0.1) is 17.0 Å². The molecule has 0 radical (unpaired) electrons. The SMILES string of the molecule is Cc1cccc(C(CNc2ccc([N+](=O)[O-])c3cccnc23)N2CCOCC2)c1. The lowest BCUT2D eigenvalue weighted by atomic mass is 10.0. The summed E-state index contributed by atoms with van der Waals surface area (Å²) in [6, 6.07) is 15.5. The van der Waals surface area contributed by atoms with E-state index in [9.17, 15) is 10.1 Å². The van der Waals surface area contributed by atoms with Crippen LogP contribution >= 0.6 is 0 Å². The maximum absolute atomic E-state index is 11.4. The van der Waals surface area contributed by atoms with E-state index in [1.807, 2.05) is 0 Å². The highest BCUT2D eigenvalue weighted by atomic mass is 16.6. The molecular formula is C22H24N4O3. The molecule has 29 heavy (non-hydrogen) atoms. The molecule has 7 nitrogen and oxygen atoms in total. The topological polar surface area (TPSA) is 80.5 Å². The molecule has 1 atom stereocenters. The number of fused-ring (bicyclic) bond motifs is 1. The molecule has 1 N–H and O–H groups in total. The van der Waals surface area contributed by atoms with Gasteiger partial charge < -0.3 is 10.1 Å². The van der Waals surface area contributed by atoms with Gasteiger partial charge in [0.2, 0.25) is 0 Å². The molecule has 1 aliphatic rings. The number of non-ortho nitro benzene ring substituents is 1. The van der Waals surface area contributed by atoms with E-state index in [0.29, 0.717) is 17.4 Å². The highest BCUT2D eigenvalue weighted by molar-refractivity contribution is 5.96. The van der Waals surface area contributed by atoms with Crippen LogP contribution in [0.1, 0.15) is 17.2 Å². The standard InChI is InChI=1S/C22H24N4O3/c1-16-4-2-5-17(14-16)21(25-10-12-29-13-11-25)15-24-19-7-8-20(26(27)28)18-6-3-9-23-22(18)19/h2-9,14,21,24H,10-13,15H2,1H3. The molecule has 0 bridgehead atoms. The van der Waals surface area contributed by atoms with Crippen LogP contribution in [0.3, 0.4) is 0 Å². The van der Waals surface area contributed by atoms with Crippen LogP contribution in [-0.4, -0.2) is 47.7 Å². The highest BCUT2D eigenvalue weighted by Crippen LogP contribution is 2.31. The average Bonchev–Trinajstić information content (AvgIpc) is 2.74. The largest absolute Gasteiger partial charge is 0.381 e. The third kappa shape index (κ3) is 4.21. The fraction of sp³-hybridized carbons (Fsp3) is 0.318. The van der Waals surface area contributed by atoms with Crippen LogP contribution in [0.2, 0.25) is 0 Å². The van der Waals surface area contributed by atoms with Gasteiger partial charge in [0.05, 0.1) is 35.3 Å². The Morgan fingerprint density at radius 1 is 1.21 bits per heavy atom. The number of benzene rings is 2. The van der Waals surface area contributed by atoms with Gasteiger partial charge in [-0.2, -0.15) is 0 Å². The molecule has 4 rings (SSSR count). The van der Waals surface area contributed by atoms with Crippen molar-refractivity contribution in [2.24, 2.45) is 0 Å². The molecule has 3 aromatic rings. The van der Waals surface area contributed by atoms with Crippen molar-refractivity contribution in [2.45, 2.75) is 13.0 Å². The van der Waals surface area contributed by atoms with Crippen LogP contribution < -0.4 is 5.32 Å². The average molecular weight is 392 g/mol. The monoisotopic (exact) mass is 392 g/mol. The number of nitro benzene ring substituents is 1. The van der Waals surface area contributed by atoms with E-state index in [1.165, 1.54) is 11.1 Å². The van der Waals surface area contributed by atoms with Crippen molar-refractivity contribution in [2.75, 3.05) is 38.2 Å². The molecule has 2 heterocycles. The number of rotatable bonds is 6. The number of nitrogens with one attached hydrogen (secondary N) is 1. The van der Waals surface area contributed by atoms with E-state index in [2.05, 4.69) is 46.4 Å². The second-order valence-corrected chi connectivity index (χ2v) is 7.25. The zero-order valence-electron chi connectivity index (χ0n) is 16.4. The number of aromatic nitrogens is 1. The number of nitro groups is 1. The Balaban J connectivity index is 1.64. The number of ether oxygens (including phenoxy) is 1. The van der Waals surface area contributed by atoms with E-state index >= 15 is 0 Å². The Hall–Kier alpha value is -3.03. The first-order chi connectivity index (χ1) is 14.1. The van der Waals surface area contributed by atoms with Crippen molar-refractivity contribution in [3.05, 3.63) is 76.0 Å². The maximum atomic E-state index is 11.4. The van der Waals surface area contributed by atoms with Crippen LogP contribution in [0.15, 0.2) is 54.7 Å². The van der Waals surface area contributed by atoms with Crippen LogP contribution in [-0.2, 0) is 4.74 Å². The zero-order chi connectivity index (χ0) is 20.2. The zero-order valence-corrected chi connectivity index (χ0v) is 16.4. The minimum atomic E-state index is -0.364. The molecule has 1 aromatic heterocycles. The van der Waals surface area contributed by atoms with E-state index in [-0.39, 0.29) is 16.7 Å². The summed E-state index contributed by atoms with van der Waals surface area (Å²) in [7, 11) is 0. The van der Waals surface area contributed by atoms with Crippen molar-refractivity contribution < 1.29 is 9.66 Å². The molecule has 150 valence electrons. The Morgan fingerprint density at radius 3 is 2.79 bits per heavy atom. The number of aryl methyl sites for hydroxylation is 1. The molecule has 0 spiro atoms. The van der Waals surface area contributed by atoms with Gasteiger partial charge in [-0.1, -0.05) is 29.8 Å². The third-order valence-corrected chi connectivity index (χ3v) is 5.34. The Kier molecular flexibility index (Phi) is 5.69. The number of pyridine rings is 1. The normalized spacial score (nSPS) is 15.9. The highest BCUT2D eigenvalue weighted by Gasteiger charge is 2.23. The lowest BCUT2D eigenvalue weighted by Gasteiger charge is -2.35. The number of anilines is 1. The van der Waals surface area contributed by atoms with Gasteiger partial charge in [-0.3, -0.25) is 20.0 Å². The summed E-state index contributed by atoms with van der Waals surface area (Å²) in [5, 5.41) is 15.4. The predicted molar refractivity (Wildman–Crippen MR) is 113 cm³/mol. The van der Waals surface area contributed by atoms with Crippen molar-refractivity contribution in [1.29, 1.82) is 0 Å². The van der Waals surface area contributed by atoms with Crippen LogP contribution in [0.5, 0.6) is 0 Å². The van der Waals surface area contributed by atoms with E-state index in [1.54, 1.807) is 30.5 Å². The summed E-state index contributed by atoms with van der Waals surface area (Å²) in [4.78, 5) is 17.8. The Labute approximate surface area is 169 Å². The maximum Gasteiger partial charge on any atom is 0.278 e. The fourth-order valence-electron chi connectivity index (χ4n) is 3.89. The minimum absolute atomic E-state index is 0.0714. The Morgan fingerprint density at radius 2 is 2.03 bits per heavy atom. The minimum Gasteiger partial charge on any atom is -0.381 e. The number of hydrogen-bond donors (Lipinski definition) is 1. The van der Waals surface area contributed by atoms with Crippen molar-refractivity contribution in [3.8, 4) is 0 Å². The van der Waals surface area contributed by atoms with Gasteiger partial charge in [0.15, 0.2) is 0 Å². The summed E-state index contributed by atoms with van der Waals surface area (Å²) < 4.78 is 5.53. The first-order valence-corrected chi connectivity index (χ1v) is 9.78. The van der Waals surface area contributed by atoms with Crippen molar-refractivity contribution in [3.63, 3.8) is 0 Å². The summed E-state index contributed by atoms with van der Waals surface area (Å²) in [6.45, 7) is 5.97. The molecule has 2 aromatic carbocycles. The summed E-state index contributed by atoms with van der Waals surface area (Å²) in [5.41, 5.74) is 3.97. The summed E-state index contributed by atoms with van der Waals surface area (Å²) >= 11 is 0. The van der Waals surface area contributed by atoms with Gasteiger partial charge in [-0.05, 0) is 30.7 Å². The number of nitrogens with zero attached hydrogens (tertiary/aromatic N) is 3. The molecule has 0 saturated carbocycles. The molecule has 7 heteroatoms. The Bertz CT molecular complexity index is 1020. The van der Waals surface area contributed by atoms with Gasteiger partial charge in [-0.25, -0.2) is 0 Å². The molecular weight excluding hydrogens is 368 g/mol. The predicted octanol–water partition coefficient (Wildman–Crippen LogP) is 3.94. The third-order valence-electron chi connectivity index (χ3n) is 5.34. The van der Waals surface area contributed by atoms with Gasteiger partial charge in [-0.15, -0.1) is 0 Å². The van der Waals surface area contributed by atoms with Crippen LogP contribution in [0.25, 0.3) is 10.9 Å². The second-order valence-electron chi connectivity index (χ2n) is 7.25. The van der Waals surface area contributed by atoms with E-state index < -0.39 is 0 Å². The van der Waals surface area contributed by atoms with Gasteiger partial charge in [0, 0.05) is 31.9 Å². The van der Waals surface area contributed by atoms with E-state index in [4.69, 9.17) is 4.74 Å². The first kappa shape index (κ1) is 19.3. The smallest absolute Gasteiger partial charge is 0.278 e. The quantitative estimate of drug-likeness (QED) is 0.506.